The first kappa shape index (κ1) is 19.6. The fourth-order valence-corrected chi connectivity index (χ4v) is 3.04. The van der Waals surface area contributed by atoms with Crippen molar-refractivity contribution in [1.82, 2.24) is 5.32 Å². The summed E-state index contributed by atoms with van der Waals surface area (Å²) >= 11 is 6.05. The standard InChI is InChI=1S/C22H17ClN2O5/c23-15-7-8-18(25-22(27)30-16-4-2-1-3-5-16)17(11-15)21(26)24-12-14-6-9-19-20(10-14)29-13-28-19/h1-11H,12-13H2,(H,24,26)(H,25,27). The van der Waals surface area contributed by atoms with E-state index in [1.807, 2.05) is 12.1 Å². The fourth-order valence-electron chi connectivity index (χ4n) is 2.87. The number of para-hydroxylation sites is 1. The second kappa shape index (κ2) is 8.75. The zero-order valence-electron chi connectivity index (χ0n) is 15.7. The van der Waals surface area contributed by atoms with Crippen LogP contribution in [0.1, 0.15) is 15.9 Å². The number of carbonyl (C=O) groups is 2. The number of rotatable bonds is 5. The van der Waals surface area contributed by atoms with Gasteiger partial charge in [0.25, 0.3) is 5.91 Å². The molecule has 8 heteroatoms. The zero-order valence-corrected chi connectivity index (χ0v) is 16.4. The minimum absolute atomic E-state index is 0.182. The van der Waals surface area contributed by atoms with Gasteiger partial charge in [0.05, 0.1) is 11.3 Å². The molecule has 3 aromatic carbocycles. The summed E-state index contributed by atoms with van der Waals surface area (Å²) in [5, 5.41) is 5.76. The minimum atomic E-state index is -0.714. The molecule has 0 unspecified atom stereocenters. The van der Waals surface area contributed by atoms with Gasteiger partial charge in [0, 0.05) is 11.6 Å². The molecule has 1 aliphatic rings. The molecule has 0 fully saturated rings. The Bertz CT molecular complexity index is 1090. The van der Waals surface area contributed by atoms with Crippen molar-refractivity contribution in [2.24, 2.45) is 0 Å². The number of ether oxygens (including phenoxy) is 3. The molecule has 0 atom stereocenters. The van der Waals surface area contributed by atoms with Crippen molar-refractivity contribution in [2.45, 2.75) is 6.54 Å². The number of nitrogens with one attached hydrogen (secondary N) is 2. The lowest BCUT2D eigenvalue weighted by atomic mass is 10.1. The highest BCUT2D eigenvalue weighted by molar-refractivity contribution is 6.31. The van der Waals surface area contributed by atoms with Crippen LogP contribution in [0.2, 0.25) is 5.02 Å². The minimum Gasteiger partial charge on any atom is -0.454 e. The van der Waals surface area contributed by atoms with Gasteiger partial charge in [0.1, 0.15) is 5.75 Å². The topological polar surface area (TPSA) is 85.9 Å². The van der Waals surface area contributed by atoms with Crippen LogP contribution in [0.15, 0.2) is 66.7 Å². The number of carbonyl (C=O) groups excluding carboxylic acids is 2. The normalized spacial score (nSPS) is 11.6. The van der Waals surface area contributed by atoms with Crippen molar-refractivity contribution in [3.63, 3.8) is 0 Å². The van der Waals surface area contributed by atoms with E-state index in [0.29, 0.717) is 22.3 Å². The molecule has 1 aliphatic heterocycles. The maximum absolute atomic E-state index is 12.7. The average Bonchev–Trinajstić information content (AvgIpc) is 3.22. The van der Waals surface area contributed by atoms with Gasteiger partial charge >= 0.3 is 6.09 Å². The van der Waals surface area contributed by atoms with E-state index in [0.717, 1.165) is 5.56 Å². The van der Waals surface area contributed by atoms with E-state index in [-0.39, 0.29) is 24.6 Å². The Morgan fingerprint density at radius 3 is 2.60 bits per heavy atom. The number of hydrogen-bond acceptors (Lipinski definition) is 5. The Morgan fingerprint density at radius 2 is 1.77 bits per heavy atom. The molecular weight excluding hydrogens is 408 g/mol. The van der Waals surface area contributed by atoms with Crippen molar-refractivity contribution in [3.05, 3.63) is 82.9 Å². The van der Waals surface area contributed by atoms with Crippen LogP contribution in [0.3, 0.4) is 0 Å². The number of amides is 2. The Kier molecular flexibility index (Phi) is 5.72. The molecule has 0 spiro atoms. The van der Waals surface area contributed by atoms with Crippen LogP contribution < -0.4 is 24.8 Å². The van der Waals surface area contributed by atoms with E-state index in [9.17, 15) is 9.59 Å². The van der Waals surface area contributed by atoms with E-state index in [1.165, 1.54) is 6.07 Å². The van der Waals surface area contributed by atoms with Crippen molar-refractivity contribution >= 4 is 29.3 Å². The number of anilines is 1. The smallest absolute Gasteiger partial charge is 0.417 e. The molecule has 0 saturated heterocycles. The fraction of sp³-hybridized carbons (Fsp3) is 0.0909. The summed E-state index contributed by atoms with van der Waals surface area (Å²) in [5.74, 6) is 1.29. The number of hydrogen-bond donors (Lipinski definition) is 2. The second-order valence-electron chi connectivity index (χ2n) is 6.39. The molecule has 0 radical (unpaired) electrons. The third-order valence-electron chi connectivity index (χ3n) is 4.31. The summed E-state index contributed by atoms with van der Waals surface area (Å²) in [4.78, 5) is 25.0. The highest BCUT2D eigenvalue weighted by Crippen LogP contribution is 2.32. The summed E-state index contributed by atoms with van der Waals surface area (Å²) in [7, 11) is 0. The largest absolute Gasteiger partial charge is 0.454 e. The molecular formula is C22H17ClN2O5. The quantitative estimate of drug-likeness (QED) is 0.624. The van der Waals surface area contributed by atoms with E-state index in [1.54, 1.807) is 48.5 Å². The number of fused-ring (bicyclic) bond motifs is 1. The van der Waals surface area contributed by atoms with Gasteiger partial charge in [-0.3, -0.25) is 10.1 Å². The summed E-state index contributed by atoms with van der Waals surface area (Å²) in [5.41, 5.74) is 1.34. The summed E-state index contributed by atoms with van der Waals surface area (Å²) < 4.78 is 15.8. The van der Waals surface area contributed by atoms with E-state index in [4.69, 9.17) is 25.8 Å². The van der Waals surface area contributed by atoms with Gasteiger partial charge in [-0.2, -0.15) is 0 Å². The molecule has 2 N–H and O–H groups in total. The number of halogens is 1. The van der Waals surface area contributed by atoms with Crippen LogP contribution in [-0.4, -0.2) is 18.8 Å². The molecule has 0 aromatic heterocycles. The van der Waals surface area contributed by atoms with Crippen molar-refractivity contribution in [2.75, 3.05) is 12.1 Å². The van der Waals surface area contributed by atoms with Crippen LogP contribution in [-0.2, 0) is 6.54 Å². The van der Waals surface area contributed by atoms with Gasteiger partial charge in [0.2, 0.25) is 6.79 Å². The SMILES string of the molecule is O=C(Nc1ccc(Cl)cc1C(=O)NCc1ccc2c(c1)OCO2)Oc1ccccc1. The molecule has 0 saturated carbocycles. The van der Waals surface area contributed by atoms with Crippen LogP contribution in [0, 0.1) is 0 Å². The third kappa shape index (κ3) is 4.64. The summed E-state index contributed by atoms with van der Waals surface area (Å²) in [6, 6.07) is 18.6. The lowest BCUT2D eigenvalue weighted by Gasteiger charge is -2.12. The third-order valence-corrected chi connectivity index (χ3v) is 4.54. The molecule has 30 heavy (non-hydrogen) atoms. The Labute approximate surface area is 177 Å². The van der Waals surface area contributed by atoms with E-state index < -0.39 is 12.0 Å². The number of benzene rings is 3. The highest BCUT2D eigenvalue weighted by atomic mass is 35.5. The van der Waals surface area contributed by atoms with Gasteiger partial charge in [-0.25, -0.2) is 4.79 Å². The maximum atomic E-state index is 12.7. The average molecular weight is 425 g/mol. The van der Waals surface area contributed by atoms with Crippen LogP contribution in [0.25, 0.3) is 0 Å². The first-order chi connectivity index (χ1) is 14.6. The van der Waals surface area contributed by atoms with E-state index >= 15 is 0 Å². The molecule has 7 nitrogen and oxygen atoms in total. The first-order valence-corrected chi connectivity index (χ1v) is 9.46. The Balaban J connectivity index is 1.44. The van der Waals surface area contributed by atoms with Crippen molar-refractivity contribution in [1.29, 1.82) is 0 Å². The molecule has 3 aromatic rings. The van der Waals surface area contributed by atoms with E-state index in [2.05, 4.69) is 10.6 Å². The second-order valence-corrected chi connectivity index (χ2v) is 6.82. The van der Waals surface area contributed by atoms with Crippen LogP contribution in [0.5, 0.6) is 17.2 Å². The molecule has 4 rings (SSSR count). The maximum Gasteiger partial charge on any atom is 0.417 e. The highest BCUT2D eigenvalue weighted by Gasteiger charge is 2.17. The van der Waals surface area contributed by atoms with Gasteiger partial charge < -0.3 is 19.5 Å². The van der Waals surface area contributed by atoms with Crippen LogP contribution in [0.4, 0.5) is 10.5 Å². The van der Waals surface area contributed by atoms with Crippen molar-refractivity contribution in [3.8, 4) is 17.2 Å². The molecule has 0 bridgehead atoms. The van der Waals surface area contributed by atoms with Crippen molar-refractivity contribution < 1.29 is 23.8 Å². The molecule has 0 aliphatic carbocycles. The lowest BCUT2D eigenvalue weighted by molar-refractivity contribution is 0.0951. The zero-order chi connectivity index (χ0) is 20.9. The van der Waals surface area contributed by atoms with Crippen LogP contribution >= 0.6 is 11.6 Å². The Hall–Kier alpha value is -3.71. The van der Waals surface area contributed by atoms with Gasteiger partial charge in [0.15, 0.2) is 11.5 Å². The predicted molar refractivity (Wildman–Crippen MR) is 111 cm³/mol. The molecule has 2 amide bonds. The van der Waals surface area contributed by atoms with Gasteiger partial charge in [-0.05, 0) is 48.0 Å². The summed E-state index contributed by atoms with van der Waals surface area (Å²) in [6.07, 6.45) is -0.714. The Morgan fingerprint density at radius 1 is 0.967 bits per heavy atom. The summed E-state index contributed by atoms with van der Waals surface area (Å²) in [6.45, 7) is 0.442. The predicted octanol–water partition coefficient (Wildman–Crippen LogP) is 4.61. The van der Waals surface area contributed by atoms with Gasteiger partial charge in [-0.1, -0.05) is 35.9 Å². The first-order valence-electron chi connectivity index (χ1n) is 9.08. The monoisotopic (exact) mass is 424 g/mol. The molecule has 1 heterocycles. The molecule has 152 valence electrons. The van der Waals surface area contributed by atoms with Gasteiger partial charge in [-0.15, -0.1) is 0 Å². The lowest BCUT2D eigenvalue weighted by Crippen LogP contribution is -2.25.